The Balaban J connectivity index is 1.47. The Morgan fingerprint density at radius 1 is 1.29 bits per heavy atom. The highest BCUT2D eigenvalue weighted by atomic mass is 19.1. The van der Waals surface area contributed by atoms with E-state index in [4.69, 9.17) is 0 Å². The second-order valence-corrected chi connectivity index (χ2v) is 9.68. The summed E-state index contributed by atoms with van der Waals surface area (Å²) in [6, 6.07) is 7.48. The van der Waals surface area contributed by atoms with Crippen molar-refractivity contribution in [1.29, 1.82) is 0 Å². The van der Waals surface area contributed by atoms with Crippen molar-refractivity contribution in [3.8, 4) is 11.3 Å². The second kappa shape index (κ2) is 8.19. The smallest absolute Gasteiger partial charge is 0.253 e. The lowest BCUT2D eigenvalue weighted by atomic mass is 9.69. The van der Waals surface area contributed by atoms with Crippen LogP contribution in [0.25, 0.3) is 11.3 Å². The molecule has 1 aromatic carbocycles. The second-order valence-electron chi connectivity index (χ2n) is 9.68. The van der Waals surface area contributed by atoms with E-state index < -0.39 is 16.8 Å². The number of carbonyl (C=O) groups excluding carboxylic acids is 1. The Morgan fingerprint density at radius 2 is 2.03 bits per heavy atom. The highest BCUT2D eigenvalue weighted by molar-refractivity contribution is 5.76. The monoisotopic (exact) mass is 427 g/mol. The lowest BCUT2D eigenvalue weighted by Gasteiger charge is -2.50. The number of benzene rings is 1. The minimum Gasteiger partial charge on any atom is -0.387 e. The number of likely N-dealkylation sites (tertiary alicyclic amines) is 1. The zero-order valence-corrected chi connectivity index (χ0v) is 18.2. The van der Waals surface area contributed by atoms with Gasteiger partial charge in [-0.3, -0.25) is 14.2 Å². The van der Waals surface area contributed by atoms with E-state index in [1.807, 2.05) is 18.7 Å². The molecule has 0 radical (unpaired) electrons. The number of aliphatic hydroxyl groups is 1. The van der Waals surface area contributed by atoms with Crippen LogP contribution >= 0.6 is 0 Å². The van der Waals surface area contributed by atoms with E-state index in [2.05, 4.69) is 4.98 Å². The number of hydrogen-bond donors (Lipinski definition) is 1. The standard InChI is InChI=1S/C24H30FN3O3/c1-23(2)14-27(21(29)10-9-17-7-8-17)12-11-24(23,31)15-28-16-26-20(13-22(28)30)18-5-3-4-6-19(18)25/h3-6,13,16-17,31H,7-12,14-15H2,1-2H3. The van der Waals surface area contributed by atoms with Gasteiger partial charge < -0.3 is 10.0 Å². The zero-order chi connectivity index (χ0) is 22.2. The van der Waals surface area contributed by atoms with Gasteiger partial charge in [0.05, 0.1) is 24.2 Å². The van der Waals surface area contributed by atoms with Gasteiger partial charge in [-0.1, -0.05) is 38.8 Å². The quantitative estimate of drug-likeness (QED) is 0.768. The van der Waals surface area contributed by atoms with Gasteiger partial charge in [0.25, 0.3) is 5.56 Å². The van der Waals surface area contributed by atoms with Crippen molar-refractivity contribution in [2.24, 2.45) is 11.3 Å². The van der Waals surface area contributed by atoms with Crippen molar-refractivity contribution in [3.05, 3.63) is 52.8 Å². The molecule has 166 valence electrons. The summed E-state index contributed by atoms with van der Waals surface area (Å²) in [6.45, 7) is 4.86. The van der Waals surface area contributed by atoms with E-state index in [0.717, 1.165) is 6.42 Å². The van der Waals surface area contributed by atoms with E-state index in [1.165, 1.54) is 35.9 Å². The number of amides is 1. The Labute approximate surface area is 181 Å². The number of piperidine rings is 1. The van der Waals surface area contributed by atoms with Gasteiger partial charge in [-0.15, -0.1) is 0 Å². The molecule has 31 heavy (non-hydrogen) atoms. The van der Waals surface area contributed by atoms with E-state index >= 15 is 0 Å². The summed E-state index contributed by atoms with van der Waals surface area (Å²) < 4.78 is 15.4. The van der Waals surface area contributed by atoms with Gasteiger partial charge in [0.1, 0.15) is 5.82 Å². The van der Waals surface area contributed by atoms with Crippen molar-refractivity contribution in [2.75, 3.05) is 13.1 Å². The lowest BCUT2D eigenvalue weighted by Crippen LogP contribution is -2.60. The van der Waals surface area contributed by atoms with Crippen LogP contribution in [-0.4, -0.2) is 44.2 Å². The van der Waals surface area contributed by atoms with Gasteiger partial charge in [-0.2, -0.15) is 0 Å². The van der Waals surface area contributed by atoms with Gasteiger partial charge in [0.15, 0.2) is 0 Å². The predicted octanol–water partition coefficient (Wildman–Crippen LogP) is 3.23. The van der Waals surface area contributed by atoms with Crippen LogP contribution in [-0.2, 0) is 11.3 Å². The van der Waals surface area contributed by atoms with Crippen LogP contribution in [0.3, 0.4) is 0 Å². The summed E-state index contributed by atoms with van der Waals surface area (Å²) in [7, 11) is 0. The topological polar surface area (TPSA) is 75.4 Å². The van der Waals surface area contributed by atoms with Crippen LogP contribution in [0.1, 0.15) is 46.0 Å². The van der Waals surface area contributed by atoms with Crippen LogP contribution in [0.4, 0.5) is 4.39 Å². The molecular formula is C24H30FN3O3. The van der Waals surface area contributed by atoms with Crippen molar-refractivity contribution in [3.63, 3.8) is 0 Å². The molecule has 2 aliphatic rings. The van der Waals surface area contributed by atoms with E-state index in [1.54, 1.807) is 18.2 Å². The molecule has 1 aliphatic carbocycles. The number of hydrogen-bond acceptors (Lipinski definition) is 4. The van der Waals surface area contributed by atoms with Crippen molar-refractivity contribution in [1.82, 2.24) is 14.5 Å². The average molecular weight is 428 g/mol. The molecule has 1 saturated heterocycles. The molecule has 1 amide bonds. The molecule has 1 saturated carbocycles. The Hall–Kier alpha value is -2.54. The van der Waals surface area contributed by atoms with Gasteiger partial charge in [0, 0.05) is 36.6 Å². The summed E-state index contributed by atoms with van der Waals surface area (Å²) in [5.74, 6) is 0.422. The summed E-state index contributed by atoms with van der Waals surface area (Å²) in [4.78, 5) is 31.4. The fourth-order valence-electron chi connectivity index (χ4n) is 4.40. The number of nitrogens with zero attached hydrogens (tertiary/aromatic N) is 3. The molecule has 7 heteroatoms. The molecule has 2 aromatic rings. The first-order chi connectivity index (χ1) is 14.7. The molecule has 1 unspecified atom stereocenters. The van der Waals surface area contributed by atoms with Crippen LogP contribution in [0.2, 0.25) is 0 Å². The lowest BCUT2D eigenvalue weighted by molar-refractivity contribution is -0.154. The fraction of sp³-hybridized carbons (Fsp3) is 0.542. The molecule has 1 atom stereocenters. The fourth-order valence-corrected chi connectivity index (χ4v) is 4.40. The molecule has 4 rings (SSSR count). The van der Waals surface area contributed by atoms with Crippen molar-refractivity contribution >= 4 is 5.91 Å². The van der Waals surface area contributed by atoms with Gasteiger partial charge >= 0.3 is 0 Å². The highest BCUT2D eigenvalue weighted by Gasteiger charge is 2.48. The summed E-state index contributed by atoms with van der Waals surface area (Å²) in [6.07, 6.45) is 5.74. The van der Waals surface area contributed by atoms with Crippen molar-refractivity contribution in [2.45, 2.75) is 58.1 Å². The molecule has 1 N–H and O–H groups in total. The molecule has 2 fully saturated rings. The first-order valence-corrected chi connectivity index (χ1v) is 11.0. The first-order valence-electron chi connectivity index (χ1n) is 11.0. The van der Waals surface area contributed by atoms with Crippen molar-refractivity contribution < 1.29 is 14.3 Å². The van der Waals surface area contributed by atoms with Gasteiger partial charge in [-0.25, -0.2) is 9.37 Å². The Morgan fingerprint density at radius 3 is 2.68 bits per heavy atom. The third-order valence-electron chi connectivity index (χ3n) is 6.92. The van der Waals surface area contributed by atoms with Crippen LogP contribution in [0, 0.1) is 17.2 Å². The minimum atomic E-state index is -1.16. The molecule has 6 nitrogen and oxygen atoms in total. The predicted molar refractivity (Wildman–Crippen MR) is 116 cm³/mol. The van der Waals surface area contributed by atoms with E-state index in [-0.39, 0.29) is 29.3 Å². The highest BCUT2D eigenvalue weighted by Crippen LogP contribution is 2.40. The van der Waals surface area contributed by atoms with Gasteiger partial charge in [0.2, 0.25) is 5.91 Å². The molecule has 1 aliphatic heterocycles. The minimum absolute atomic E-state index is 0.0769. The van der Waals surface area contributed by atoms with Crippen LogP contribution < -0.4 is 5.56 Å². The molecule has 0 bridgehead atoms. The third kappa shape index (κ3) is 4.56. The number of aromatic nitrogens is 2. The van der Waals surface area contributed by atoms with Gasteiger partial charge in [-0.05, 0) is 30.9 Å². The maximum Gasteiger partial charge on any atom is 0.253 e. The molecule has 2 heterocycles. The SMILES string of the molecule is CC1(C)CN(C(=O)CCC2CC2)CCC1(O)Cn1cnc(-c2ccccc2F)cc1=O. The van der Waals surface area contributed by atoms with Crippen LogP contribution in [0.5, 0.6) is 0 Å². The third-order valence-corrected chi connectivity index (χ3v) is 6.92. The number of rotatable bonds is 6. The summed E-state index contributed by atoms with van der Waals surface area (Å²) >= 11 is 0. The summed E-state index contributed by atoms with van der Waals surface area (Å²) in [5, 5.41) is 11.4. The molecule has 0 spiro atoms. The normalized spacial score (nSPS) is 23.0. The first kappa shape index (κ1) is 21.7. The maximum absolute atomic E-state index is 14.0. The Kier molecular flexibility index (Phi) is 5.73. The average Bonchev–Trinajstić information content (AvgIpc) is 3.55. The van der Waals surface area contributed by atoms with E-state index in [9.17, 15) is 19.1 Å². The zero-order valence-electron chi connectivity index (χ0n) is 18.2. The van der Waals surface area contributed by atoms with E-state index in [0.29, 0.717) is 31.8 Å². The molecular weight excluding hydrogens is 397 g/mol. The largest absolute Gasteiger partial charge is 0.387 e. The number of halogens is 1. The summed E-state index contributed by atoms with van der Waals surface area (Å²) in [5.41, 5.74) is -1.57. The number of carbonyl (C=O) groups is 1. The van der Waals surface area contributed by atoms with Crippen LogP contribution in [0.15, 0.2) is 41.5 Å². The maximum atomic E-state index is 14.0. The molecule has 1 aromatic heterocycles. The Bertz CT molecular complexity index is 1030.